The van der Waals surface area contributed by atoms with Crippen molar-refractivity contribution >= 4 is 21.9 Å². The fourth-order valence-corrected chi connectivity index (χ4v) is 4.52. The summed E-state index contributed by atoms with van der Waals surface area (Å²) >= 11 is 0. The van der Waals surface area contributed by atoms with Gasteiger partial charge in [-0.3, -0.25) is 14.2 Å². The molecule has 9 nitrogen and oxygen atoms in total. The molecule has 1 aromatic carbocycles. The molecule has 2 heterocycles. The highest BCUT2D eigenvalue weighted by atomic mass is 32.2. The van der Waals surface area contributed by atoms with Crippen molar-refractivity contribution in [1.29, 1.82) is 0 Å². The number of hydrogen-bond acceptors (Lipinski definition) is 6. The predicted octanol–water partition coefficient (Wildman–Crippen LogP) is 1.47. The molecule has 3 rings (SSSR count). The van der Waals surface area contributed by atoms with Crippen LogP contribution in [0, 0.1) is 0 Å². The van der Waals surface area contributed by atoms with Crippen LogP contribution >= 0.6 is 0 Å². The van der Waals surface area contributed by atoms with Crippen molar-refractivity contribution in [3.8, 4) is 5.69 Å². The number of ether oxygens (including phenoxy) is 1. The predicted molar refractivity (Wildman–Crippen MR) is 105 cm³/mol. The fourth-order valence-electron chi connectivity index (χ4n) is 2.99. The smallest absolute Gasteiger partial charge is 0.321 e. The topological polar surface area (TPSA) is 111 Å². The van der Waals surface area contributed by atoms with Crippen molar-refractivity contribution in [3.05, 3.63) is 42.0 Å². The number of imidazole rings is 1. The number of rotatable bonds is 5. The van der Waals surface area contributed by atoms with Crippen molar-refractivity contribution in [2.24, 2.45) is 0 Å². The maximum atomic E-state index is 13.2. The first-order chi connectivity index (χ1) is 13.6. The Bertz CT molecular complexity index is 1060. The molecule has 2 aromatic rings. The highest BCUT2D eigenvalue weighted by Crippen LogP contribution is 2.31. The van der Waals surface area contributed by atoms with Crippen LogP contribution in [-0.2, 0) is 26.1 Å². The Balaban J connectivity index is 2.15. The second-order valence-corrected chi connectivity index (χ2v) is 9.32. The zero-order chi connectivity index (χ0) is 21.4. The molecule has 0 bridgehead atoms. The van der Waals surface area contributed by atoms with E-state index in [1.54, 1.807) is 22.8 Å². The van der Waals surface area contributed by atoms with Gasteiger partial charge in [0.15, 0.2) is 5.69 Å². The van der Waals surface area contributed by atoms with E-state index in [0.717, 1.165) is 4.31 Å². The molecule has 1 aromatic heterocycles. The third-order valence-corrected chi connectivity index (χ3v) is 6.86. The zero-order valence-corrected chi connectivity index (χ0v) is 17.6. The minimum Gasteiger partial charge on any atom is -0.468 e. The Morgan fingerprint density at radius 2 is 1.97 bits per heavy atom. The van der Waals surface area contributed by atoms with E-state index in [2.05, 4.69) is 15.0 Å². The number of amides is 1. The lowest BCUT2D eigenvalue weighted by molar-refractivity contribution is -0.140. The average Bonchev–Trinajstić information content (AvgIpc) is 3.07. The number of sulfonamides is 1. The van der Waals surface area contributed by atoms with Gasteiger partial charge in [0.1, 0.15) is 17.8 Å². The van der Waals surface area contributed by atoms with Gasteiger partial charge in [-0.2, -0.15) is 4.31 Å². The SMILES string of the molecule is CCC(C)(C)NC(=O)c1ncn2c1CN(CC(=O)OC)S(=O)(=O)c1ccccc1-2. The third kappa shape index (κ3) is 3.90. The number of esters is 1. The molecule has 0 aliphatic carbocycles. The second-order valence-electron chi connectivity index (χ2n) is 7.42. The molecule has 1 N–H and O–H groups in total. The lowest BCUT2D eigenvalue weighted by Crippen LogP contribution is -2.43. The van der Waals surface area contributed by atoms with E-state index in [0.29, 0.717) is 17.8 Å². The summed E-state index contributed by atoms with van der Waals surface area (Å²) in [6, 6.07) is 6.40. The molecular weight excluding hydrogens is 396 g/mol. The molecule has 1 amide bonds. The van der Waals surface area contributed by atoms with E-state index < -0.39 is 34.0 Å². The van der Waals surface area contributed by atoms with E-state index in [9.17, 15) is 18.0 Å². The molecule has 1 aliphatic heterocycles. The number of nitrogens with zero attached hydrogens (tertiary/aromatic N) is 3. The van der Waals surface area contributed by atoms with Crippen LogP contribution in [0.2, 0.25) is 0 Å². The van der Waals surface area contributed by atoms with Crippen molar-refractivity contribution in [1.82, 2.24) is 19.2 Å². The van der Waals surface area contributed by atoms with Crippen LogP contribution in [0.4, 0.5) is 0 Å². The standard InChI is InChI=1S/C19H24N4O5S/c1-5-19(2,3)21-18(25)17-14-10-22(11-16(24)28-4)29(26,27)15-9-7-6-8-13(15)23(14)12-20-17/h6-9,12H,5,10-11H2,1-4H3,(H,21,25). The maximum absolute atomic E-state index is 13.2. The van der Waals surface area contributed by atoms with Crippen molar-refractivity contribution in [2.75, 3.05) is 13.7 Å². The first-order valence-electron chi connectivity index (χ1n) is 9.16. The summed E-state index contributed by atoms with van der Waals surface area (Å²) in [6.07, 6.45) is 2.14. The summed E-state index contributed by atoms with van der Waals surface area (Å²) in [5.74, 6) is -1.10. The van der Waals surface area contributed by atoms with Crippen LogP contribution in [0.1, 0.15) is 43.4 Å². The molecule has 0 atom stereocenters. The number of carbonyl (C=O) groups is 2. The molecule has 1 aliphatic rings. The summed E-state index contributed by atoms with van der Waals surface area (Å²) in [5.41, 5.74) is 0.421. The van der Waals surface area contributed by atoms with Crippen LogP contribution in [0.5, 0.6) is 0 Å². The molecule has 10 heteroatoms. The Morgan fingerprint density at radius 1 is 1.28 bits per heavy atom. The summed E-state index contributed by atoms with van der Waals surface area (Å²) in [5, 5.41) is 2.92. The number of nitrogens with one attached hydrogen (secondary N) is 1. The first-order valence-corrected chi connectivity index (χ1v) is 10.6. The van der Waals surface area contributed by atoms with Gasteiger partial charge in [-0.05, 0) is 32.4 Å². The minimum atomic E-state index is -3.99. The van der Waals surface area contributed by atoms with Gasteiger partial charge in [0, 0.05) is 5.54 Å². The number of carbonyl (C=O) groups excluding carboxylic acids is 2. The molecule has 0 fully saturated rings. The fraction of sp³-hybridized carbons (Fsp3) is 0.421. The number of methoxy groups -OCH3 is 1. The Morgan fingerprint density at radius 3 is 2.62 bits per heavy atom. The first kappa shape index (κ1) is 21.0. The van der Waals surface area contributed by atoms with E-state index in [-0.39, 0.29) is 17.1 Å². The van der Waals surface area contributed by atoms with E-state index in [1.807, 2.05) is 20.8 Å². The Kier molecular flexibility index (Phi) is 5.50. The van der Waals surface area contributed by atoms with Crippen LogP contribution < -0.4 is 5.32 Å². The maximum Gasteiger partial charge on any atom is 0.321 e. The highest BCUT2D eigenvalue weighted by Gasteiger charge is 2.36. The number of hydrogen-bond donors (Lipinski definition) is 1. The summed E-state index contributed by atoms with van der Waals surface area (Å²) < 4.78 is 33.6. The van der Waals surface area contributed by atoms with Crippen LogP contribution in [0.3, 0.4) is 0 Å². The van der Waals surface area contributed by atoms with Crippen molar-refractivity contribution in [3.63, 3.8) is 0 Å². The quantitative estimate of drug-likeness (QED) is 0.734. The molecule has 0 radical (unpaired) electrons. The van der Waals surface area contributed by atoms with Crippen molar-refractivity contribution < 1.29 is 22.7 Å². The average molecular weight is 420 g/mol. The molecule has 0 saturated heterocycles. The summed E-state index contributed by atoms with van der Waals surface area (Å²) in [7, 11) is -2.80. The Hall–Kier alpha value is -2.72. The molecule has 29 heavy (non-hydrogen) atoms. The lowest BCUT2D eigenvalue weighted by atomic mass is 10.0. The normalized spacial score (nSPS) is 15.7. The van der Waals surface area contributed by atoms with Gasteiger partial charge in [0.2, 0.25) is 10.0 Å². The highest BCUT2D eigenvalue weighted by molar-refractivity contribution is 7.89. The lowest BCUT2D eigenvalue weighted by Gasteiger charge is -2.24. The van der Waals surface area contributed by atoms with Crippen LogP contribution in [0.15, 0.2) is 35.5 Å². The number of para-hydroxylation sites is 1. The number of aromatic nitrogens is 2. The van der Waals surface area contributed by atoms with Gasteiger partial charge in [-0.1, -0.05) is 19.1 Å². The van der Waals surface area contributed by atoms with Crippen molar-refractivity contribution in [2.45, 2.75) is 44.2 Å². The van der Waals surface area contributed by atoms with E-state index in [4.69, 9.17) is 0 Å². The van der Waals surface area contributed by atoms with Gasteiger partial charge < -0.3 is 10.1 Å². The van der Waals surface area contributed by atoms with Gasteiger partial charge >= 0.3 is 5.97 Å². The van der Waals surface area contributed by atoms with Gasteiger partial charge in [0.25, 0.3) is 5.91 Å². The molecule has 156 valence electrons. The summed E-state index contributed by atoms with van der Waals surface area (Å²) in [6.45, 7) is 5.07. The minimum absolute atomic E-state index is 0.0286. The van der Waals surface area contributed by atoms with Gasteiger partial charge in [0.05, 0.1) is 25.0 Å². The zero-order valence-electron chi connectivity index (χ0n) is 16.8. The molecule has 0 unspecified atom stereocenters. The van der Waals surface area contributed by atoms with E-state index >= 15 is 0 Å². The second kappa shape index (κ2) is 7.60. The molecular formula is C19H24N4O5S. The van der Waals surface area contributed by atoms with Crippen LogP contribution in [0.25, 0.3) is 5.69 Å². The molecule has 0 spiro atoms. The van der Waals surface area contributed by atoms with Gasteiger partial charge in [-0.25, -0.2) is 13.4 Å². The third-order valence-electron chi connectivity index (χ3n) is 5.02. The molecule has 0 saturated carbocycles. The largest absolute Gasteiger partial charge is 0.468 e. The van der Waals surface area contributed by atoms with E-state index in [1.165, 1.54) is 19.5 Å². The number of benzene rings is 1. The van der Waals surface area contributed by atoms with Crippen LogP contribution in [-0.4, -0.2) is 53.3 Å². The number of fused-ring (bicyclic) bond motifs is 3. The monoisotopic (exact) mass is 420 g/mol. The Labute approximate surface area is 169 Å². The summed E-state index contributed by atoms with van der Waals surface area (Å²) in [4.78, 5) is 29.0. The van der Waals surface area contributed by atoms with Gasteiger partial charge in [-0.15, -0.1) is 0 Å².